The van der Waals surface area contributed by atoms with Crippen molar-refractivity contribution in [2.45, 2.75) is 13.5 Å². The van der Waals surface area contributed by atoms with Crippen molar-refractivity contribution in [2.75, 3.05) is 5.32 Å². The average Bonchev–Trinajstić information content (AvgIpc) is 2.83. The first-order chi connectivity index (χ1) is 9.78. The van der Waals surface area contributed by atoms with Gasteiger partial charge in [0, 0.05) is 0 Å². The van der Waals surface area contributed by atoms with Gasteiger partial charge in [0.1, 0.15) is 5.82 Å². The lowest BCUT2D eigenvalue weighted by Crippen LogP contribution is -2.04. The Bertz CT molecular complexity index is 751. The fourth-order valence-corrected chi connectivity index (χ4v) is 2.08. The van der Waals surface area contributed by atoms with Crippen molar-refractivity contribution in [2.24, 2.45) is 0 Å². The number of amides is 1. The number of hydrogen-bond acceptors (Lipinski definition) is 4. The van der Waals surface area contributed by atoms with E-state index in [9.17, 15) is 4.79 Å². The molecule has 1 amide bonds. The zero-order valence-corrected chi connectivity index (χ0v) is 10.9. The van der Waals surface area contributed by atoms with Gasteiger partial charge in [-0.3, -0.25) is 4.79 Å². The Labute approximate surface area is 115 Å². The number of rotatable bonds is 4. The maximum Gasteiger partial charge on any atom is 0.315 e. The first-order valence-electron chi connectivity index (χ1n) is 6.14. The Balaban J connectivity index is 2.06. The Kier molecular flexibility index (Phi) is 3.12. The van der Waals surface area contributed by atoms with Gasteiger partial charge in [-0.05, 0) is 12.5 Å². The zero-order valence-electron chi connectivity index (χ0n) is 10.9. The fraction of sp³-hybridized carbons (Fsp3) is 0.143. The molecule has 20 heavy (non-hydrogen) atoms. The van der Waals surface area contributed by atoms with E-state index in [2.05, 4.69) is 20.3 Å². The SMILES string of the molecule is Cc1nc(N[C]=O)c2ncn(Cc3ccccc3)c2n1. The van der Waals surface area contributed by atoms with E-state index in [-0.39, 0.29) is 0 Å². The van der Waals surface area contributed by atoms with Crippen molar-refractivity contribution in [3.05, 3.63) is 48.0 Å². The molecule has 1 aromatic carbocycles. The van der Waals surface area contributed by atoms with Gasteiger partial charge in [0.25, 0.3) is 0 Å². The van der Waals surface area contributed by atoms with Crippen molar-refractivity contribution < 1.29 is 4.79 Å². The van der Waals surface area contributed by atoms with Crippen molar-refractivity contribution >= 4 is 23.4 Å². The lowest BCUT2D eigenvalue weighted by atomic mass is 10.2. The molecule has 0 fully saturated rings. The number of aryl methyl sites for hydroxylation is 1. The molecule has 0 unspecified atom stereocenters. The number of benzene rings is 1. The second-order valence-corrected chi connectivity index (χ2v) is 4.38. The van der Waals surface area contributed by atoms with Crippen LogP contribution in [-0.4, -0.2) is 25.9 Å². The average molecular weight is 266 g/mol. The molecule has 0 aliphatic carbocycles. The van der Waals surface area contributed by atoms with Crippen LogP contribution in [0.15, 0.2) is 36.7 Å². The van der Waals surface area contributed by atoms with Crippen molar-refractivity contribution in [3.8, 4) is 0 Å². The van der Waals surface area contributed by atoms with E-state index in [0.717, 1.165) is 5.56 Å². The molecule has 1 N–H and O–H groups in total. The van der Waals surface area contributed by atoms with Gasteiger partial charge >= 0.3 is 6.41 Å². The lowest BCUT2D eigenvalue weighted by Gasteiger charge is -2.05. The summed E-state index contributed by atoms with van der Waals surface area (Å²) < 4.78 is 1.93. The largest absolute Gasteiger partial charge is 0.315 e. The van der Waals surface area contributed by atoms with E-state index >= 15 is 0 Å². The summed E-state index contributed by atoms with van der Waals surface area (Å²) in [7, 11) is 0. The minimum atomic E-state index is 0.384. The number of anilines is 1. The Morgan fingerprint density at radius 3 is 2.80 bits per heavy atom. The summed E-state index contributed by atoms with van der Waals surface area (Å²) in [5, 5.41) is 2.44. The molecule has 3 aromatic rings. The second kappa shape index (κ2) is 5.08. The van der Waals surface area contributed by atoms with E-state index in [0.29, 0.717) is 29.4 Å². The van der Waals surface area contributed by atoms with Crippen LogP contribution in [0.2, 0.25) is 0 Å². The lowest BCUT2D eigenvalue weighted by molar-refractivity contribution is 0.561. The number of fused-ring (bicyclic) bond motifs is 1. The monoisotopic (exact) mass is 266 g/mol. The topological polar surface area (TPSA) is 72.7 Å². The van der Waals surface area contributed by atoms with Crippen LogP contribution in [0.5, 0.6) is 0 Å². The molecule has 0 saturated heterocycles. The minimum absolute atomic E-state index is 0.384. The normalized spacial score (nSPS) is 10.7. The summed E-state index contributed by atoms with van der Waals surface area (Å²) in [4.78, 5) is 23.3. The molecule has 0 saturated carbocycles. The molecule has 99 valence electrons. The summed E-state index contributed by atoms with van der Waals surface area (Å²) in [5.41, 5.74) is 2.41. The standard InChI is InChI=1S/C14H12N5O/c1-10-17-13(16-9-20)12-14(18-10)19(8-15-12)7-11-5-3-2-4-6-11/h2-6,8H,7H2,1H3,(H,16,17,18,20). The third-order valence-electron chi connectivity index (χ3n) is 2.94. The van der Waals surface area contributed by atoms with Crippen LogP contribution < -0.4 is 5.32 Å². The third-order valence-corrected chi connectivity index (χ3v) is 2.94. The number of nitrogens with one attached hydrogen (secondary N) is 1. The highest BCUT2D eigenvalue weighted by Gasteiger charge is 2.11. The van der Waals surface area contributed by atoms with Gasteiger partial charge in [-0.1, -0.05) is 30.3 Å². The van der Waals surface area contributed by atoms with Crippen molar-refractivity contribution in [1.29, 1.82) is 0 Å². The predicted molar refractivity (Wildman–Crippen MR) is 74.9 cm³/mol. The summed E-state index contributed by atoms with van der Waals surface area (Å²) in [6.45, 7) is 2.44. The number of hydrogen-bond donors (Lipinski definition) is 1. The van der Waals surface area contributed by atoms with Gasteiger partial charge in [-0.2, -0.15) is 0 Å². The van der Waals surface area contributed by atoms with Gasteiger partial charge in [0.2, 0.25) is 0 Å². The first kappa shape index (κ1) is 12.3. The van der Waals surface area contributed by atoms with Gasteiger partial charge in [-0.15, -0.1) is 0 Å². The Morgan fingerprint density at radius 1 is 1.25 bits per heavy atom. The maximum atomic E-state index is 10.5. The number of aromatic nitrogens is 4. The molecule has 2 aromatic heterocycles. The molecule has 0 bridgehead atoms. The molecule has 1 radical (unpaired) electrons. The van der Waals surface area contributed by atoms with E-state index in [1.165, 1.54) is 0 Å². The van der Waals surface area contributed by atoms with Crippen LogP contribution in [-0.2, 0) is 11.3 Å². The summed E-state index contributed by atoms with van der Waals surface area (Å²) >= 11 is 0. The molecule has 2 heterocycles. The Hall–Kier alpha value is -2.76. The highest BCUT2D eigenvalue weighted by Crippen LogP contribution is 2.19. The van der Waals surface area contributed by atoms with Crippen LogP contribution in [0.4, 0.5) is 5.82 Å². The molecule has 0 aliphatic heterocycles. The summed E-state index contributed by atoms with van der Waals surface area (Å²) in [6.07, 6.45) is 3.32. The van der Waals surface area contributed by atoms with E-state index in [4.69, 9.17) is 0 Å². The second-order valence-electron chi connectivity index (χ2n) is 4.38. The quantitative estimate of drug-likeness (QED) is 0.729. The highest BCUT2D eigenvalue weighted by molar-refractivity contribution is 5.88. The Morgan fingerprint density at radius 2 is 2.05 bits per heavy atom. The van der Waals surface area contributed by atoms with Gasteiger partial charge in [0.05, 0.1) is 12.9 Å². The maximum absolute atomic E-state index is 10.5. The smallest absolute Gasteiger partial charge is 0.311 e. The van der Waals surface area contributed by atoms with Crippen LogP contribution in [0.1, 0.15) is 11.4 Å². The number of carbonyl (C=O) groups excluding carboxylic acids is 1. The zero-order chi connectivity index (χ0) is 13.9. The molecular formula is C14H12N5O. The summed E-state index contributed by atoms with van der Waals surface area (Å²) in [5.74, 6) is 0.958. The van der Waals surface area contributed by atoms with Crippen LogP contribution in [0, 0.1) is 6.92 Å². The molecule has 3 rings (SSSR count). The molecular weight excluding hydrogens is 254 g/mol. The first-order valence-corrected chi connectivity index (χ1v) is 6.14. The number of imidazole rings is 1. The van der Waals surface area contributed by atoms with Crippen LogP contribution in [0.3, 0.4) is 0 Å². The fourth-order valence-electron chi connectivity index (χ4n) is 2.08. The molecule has 6 heteroatoms. The van der Waals surface area contributed by atoms with E-state index in [1.54, 1.807) is 19.7 Å². The van der Waals surface area contributed by atoms with Gasteiger partial charge in [0.15, 0.2) is 17.0 Å². The van der Waals surface area contributed by atoms with Gasteiger partial charge in [-0.25, -0.2) is 15.0 Å². The van der Waals surface area contributed by atoms with Crippen LogP contribution >= 0.6 is 0 Å². The third kappa shape index (κ3) is 2.23. The minimum Gasteiger partial charge on any atom is -0.311 e. The van der Waals surface area contributed by atoms with Crippen molar-refractivity contribution in [3.63, 3.8) is 0 Å². The highest BCUT2D eigenvalue weighted by atomic mass is 16.1. The summed E-state index contributed by atoms with van der Waals surface area (Å²) in [6, 6.07) is 10.0. The van der Waals surface area contributed by atoms with Crippen LogP contribution in [0.25, 0.3) is 11.2 Å². The molecule has 0 aliphatic rings. The van der Waals surface area contributed by atoms with E-state index < -0.39 is 0 Å². The number of nitrogens with zero attached hydrogens (tertiary/aromatic N) is 4. The van der Waals surface area contributed by atoms with Gasteiger partial charge < -0.3 is 9.88 Å². The molecule has 0 atom stereocenters. The molecule has 6 nitrogen and oxygen atoms in total. The van der Waals surface area contributed by atoms with E-state index in [1.807, 2.05) is 34.9 Å². The predicted octanol–water partition coefficient (Wildman–Crippen LogP) is 1.66. The molecule has 0 spiro atoms. The van der Waals surface area contributed by atoms with Crippen molar-refractivity contribution in [1.82, 2.24) is 19.5 Å².